The number of hydrogen-bond acceptors (Lipinski definition) is 4. The van der Waals surface area contributed by atoms with Crippen LogP contribution in [0.3, 0.4) is 0 Å². The molecule has 0 unspecified atom stereocenters. The van der Waals surface area contributed by atoms with E-state index in [1.807, 2.05) is 0 Å². The van der Waals surface area contributed by atoms with Gasteiger partial charge in [0.15, 0.2) is 4.64 Å². The summed E-state index contributed by atoms with van der Waals surface area (Å²) >= 11 is 4.74. The van der Waals surface area contributed by atoms with Crippen LogP contribution in [-0.4, -0.2) is 21.8 Å². The fourth-order valence-corrected chi connectivity index (χ4v) is 0.892. The zero-order valence-electron chi connectivity index (χ0n) is 7.43. The summed E-state index contributed by atoms with van der Waals surface area (Å²) in [5, 5.41) is 12.8. The molecule has 0 saturated carbocycles. The highest BCUT2D eigenvalue weighted by Gasteiger charge is 1.96. The van der Waals surface area contributed by atoms with Crippen molar-refractivity contribution in [1.82, 2.24) is 9.94 Å². The van der Waals surface area contributed by atoms with Gasteiger partial charge in [0.2, 0.25) is 5.88 Å². The van der Waals surface area contributed by atoms with Gasteiger partial charge in [-0.05, 0) is 12.5 Å². The lowest BCUT2D eigenvalue weighted by atomic mass is 10.4. The smallest absolute Gasteiger partial charge is 0.234 e. The highest BCUT2D eigenvalue weighted by Crippen LogP contribution is 2.04. The summed E-state index contributed by atoms with van der Waals surface area (Å²) < 4.78 is 5.51. The molecular weight excluding hydrogens is 188 g/mol. The molecule has 72 valence electrons. The number of nitrogens with zero attached hydrogens (tertiary/aromatic N) is 2. The van der Waals surface area contributed by atoms with Gasteiger partial charge in [0.1, 0.15) is 0 Å². The van der Waals surface area contributed by atoms with Crippen molar-refractivity contribution in [2.75, 3.05) is 6.61 Å². The van der Waals surface area contributed by atoms with E-state index in [9.17, 15) is 0 Å². The Morgan fingerprint density at radius 1 is 1.62 bits per heavy atom. The maximum absolute atomic E-state index is 9.08. The zero-order chi connectivity index (χ0) is 9.68. The molecule has 0 aliphatic carbocycles. The Hall–Kier alpha value is -1.10. The predicted molar refractivity (Wildman–Crippen MR) is 50.6 cm³/mol. The molecule has 0 spiro atoms. The molecule has 0 amide bonds. The van der Waals surface area contributed by atoms with Crippen LogP contribution in [0, 0.1) is 4.64 Å². The first-order valence-electron chi connectivity index (χ1n) is 4.16. The first kappa shape index (κ1) is 9.98. The molecule has 0 aliphatic rings. The van der Waals surface area contributed by atoms with Gasteiger partial charge in [-0.2, -0.15) is 0 Å². The van der Waals surface area contributed by atoms with Crippen LogP contribution >= 0.6 is 12.2 Å². The second kappa shape index (κ2) is 4.81. The molecule has 4 nitrogen and oxygen atoms in total. The van der Waals surface area contributed by atoms with Crippen LogP contribution in [0.2, 0.25) is 0 Å². The number of aromatic nitrogens is 2. The van der Waals surface area contributed by atoms with Gasteiger partial charge in [-0.15, -0.1) is 0 Å². The van der Waals surface area contributed by atoms with Gasteiger partial charge in [-0.3, -0.25) is 0 Å². The minimum atomic E-state index is 0.267. The third-order valence-corrected chi connectivity index (χ3v) is 1.81. The number of hydrogen-bond donors (Lipinski definition) is 1. The fourth-order valence-electron chi connectivity index (χ4n) is 0.783. The molecule has 0 aromatic carbocycles. The van der Waals surface area contributed by atoms with Gasteiger partial charge in [0.05, 0.1) is 6.61 Å². The summed E-state index contributed by atoms with van der Waals surface area (Å²) in [6.45, 7) is 2.69. The maximum atomic E-state index is 9.08. The van der Waals surface area contributed by atoms with Crippen LogP contribution in [0.4, 0.5) is 0 Å². The largest absolute Gasteiger partial charge is 0.477 e. The van der Waals surface area contributed by atoms with Crippen molar-refractivity contribution in [1.29, 1.82) is 0 Å². The Bertz CT molecular complexity index is 324. The summed E-state index contributed by atoms with van der Waals surface area (Å²) in [6.07, 6.45) is 2.04. The van der Waals surface area contributed by atoms with Gasteiger partial charge in [-0.25, -0.2) is 0 Å². The van der Waals surface area contributed by atoms with Crippen LogP contribution in [0.5, 0.6) is 5.88 Å². The summed E-state index contributed by atoms with van der Waals surface area (Å²) in [4.78, 5) is 0.636. The van der Waals surface area contributed by atoms with Crippen molar-refractivity contribution < 1.29 is 9.94 Å². The minimum Gasteiger partial charge on any atom is -0.477 e. The van der Waals surface area contributed by atoms with Gasteiger partial charge in [0, 0.05) is 6.07 Å². The first-order chi connectivity index (χ1) is 6.24. The lowest BCUT2D eigenvalue weighted by molar-refractivity contribution is 0.129. The molecule has 1 aromatic rings. The third kappa shape index (κ3) is 3.02. The van der Waals surface area contributed by atoms with Gasteiger partial charge < -0.3 is 9.94 Å². The molecular formula is C8H12N2O2S. The zero-order valence-corrected chi connectivity index (χ0v) is 8.25. The van der Waals surface area contributed by atoms with Crippen LogP contribution in [0.15, 0.2) is 12.1 Å². The fraction of sp³-hybridized carbons (Fsp3) is 0.500. The Morgan fingerprint density at radius 3 is 3.00 bits per heavy atom. The minimum absolute atomic E-state index is 0.267. The number of ether oxygens (including phenoxy) is 1. The Balaban J connectivity index is 2.58. The van der Waals surface area contributed by atoms with Gasteiger partial charge in [-0.1, -0.05) is 35.5 Å². The second-order valence-corrected chi connectivity index (χ2v) is 3.02. The molecule has 0 aliphatic heterocycles. The molecule has 0 radical (unpaired) electrons. The van der Waals surface area contributed by atoms with Crippen molar-refractivity contribution in [3.63, 3.8) is 0 Å². The standard InChI is InChI=1S/C8H12N2O2S/c1-2-3-6-12-7-4-5-8(13)10(11)9-7/h4-5,11H,2-3,6H2,1H3. The molecule has 1 heterocycles. The molecule has 5 heteroatoms. The van der Waals surface area contributed by atoms with E-state index in [0.29, 0.717) is 17.3 Å². The average molecular weight is 200 g/mol. The summed E-state index contributed by atoms with van der Waals surface area (Å²) in [5.74, 6) is 0.393. The molecule has 0 bridgehead atoms. The van der Waals surface area contributed by atoms with Gasteiger partial charge >= 0.3 is 0 Å². The van der Waals surface area contributed by atoms with Gasteiger partial charge in [0.25, 0.3) is 0 Å². The Morgan fingerprint density at radius 2 is 2.38 bits per heavy atom. The molecule has 0 atom stereocenters. The highest BCUT2D eigenvalue weighted by atomic mass is 32.1. The van der Waals surface area contributed by atoms with Crippen molar-refractivity contribution in [3.05, 3.63) is 16.8 Å². The topological polar surface area (TPSA) is 47.3 Å². The normalized spacial score (nSPS) is 9.92. The van der Waals surface area contributed by atoms with E-state index < -0.39 is 0 Å². The molecule has 0 fully saturated rings. The van der Waals surface area contributed by atoms with E-state index >= 15 is 0 Å². The number of rotatable bonds is 4. The van der Waals surface area contributed by atoms with Crippen LogP contribution in [-0.2, 0) is 0 Å². The third-order valence-electron chi connectivity index (χ3n) is 1.51. The lowest BCUT2D eigenvalue weighted by Crippen LogP contribution is -2.04. The molecule has 13 heavy (non-hydrogen) atoms. The van der Waals surface area contributed by atoms with E-state index in [-0.39, 0.29) is 4.64 Å². The van der Waals surface area contributed by atoms with Crippen molar-refractivity contribution in [3.8, 4) is 5.88 Å². The quantitative estimate of drug-likeness (QED) is 0.459. The second-order valence-electron chi connectivity index (χ2n) is 2.60. The molecule has 1 rings (SSSR count). The van der Waals surface area contributed by atoms with Crippen LogP contribution in [0.1, 0.15) is 19.8 Å². The van der Waals surface area contributed by atoms with E-state index in [2.05, 4.69) is 12.0 Å². The van der Waals surface area contributed by atoms with E-state index in [0.717, 1.165) is 12.8 Å². The molecule has 0 saturated heterocycles. The SMILES string of the molecule is CCCCOc1ccc(=S)n(O)n1. The predicted octanol–water partition coefficient (Wildman–Crippen LogP) is 2.03. The maximum Gasteiger partial charge on any atom is 0.234 e. The number of unbranched alkanes of at least 4 members (excludes halogenated alkanes) is 1. The summed E-state index contributed by atoms with van der Waals surface area (Å²) in [6, 6.07) is 3.22. The Labute approximate surface area is 81.7 Å². The van der Waals surface area contributed by atoms with Crippen molar-refractivity contribution in [2.24, 2.45) is 0 Å². The molecule has 1 aromatic heterocycles. The highest BCUT2D eigenvalue weighted by molar-refractivity contribution is 7.71. The van der Waals surface area contributed by atoms with E-state index in [4.69, 9.17) is 22.2 Å². The monoisotopic (exact) mass is 200 g/mol. The average Bonchev–Trinajstić information content (AvgIpc) is 2.12. The first-order valence-corrected chi connectivity index (χ1v) is 4.57. The van der Waals surface area contributed by atoms with Crippen LogP contribution < -0.4 is 4.74 Å². The van der Waals surface area contributed by atoms with E-state index in [1.54, 1.807) is 12.1 Å². The van der Waals surface area contributed by atoms with Crippen molar-refractivity contribution in [2.45, 2.75) is 19.8 Å². The summed E-state index contributed by atoms with van der Waals surface area (Å²) in [7, 11) is 0. The van der Waals surface area contributed by atoms with Crippen molar-refractivity contribution >= 4 is 12.2 Å². The lowest BCUT2D eigenvalue weighted by Gasteiger charge is -2.04. The van der Waals surface area contributed by atoms with E-state index in [1.165, 1.54) is 0 Å². The van der Waals surface area contributed by atoms with Crippen LogP contribution in [0.25, 0.3) is 0 Å². The Kier molecular flexibility index (Phi) is 3.70. The molecule has 1 N–H and O–H groups in total. The summed E-state index contributed by atoms with van der Waals surface area (Å²) in [5.41, 5.74) is 0.